The van der Waals surface area contributed by atoms with Gasteiger partial charge in [-0.1, -0.05) is 13.0 Å². The van der Waals surface area contributed by atoms with Crippen molar-refractivity contribution in [1.82, 2.24) is 15.3 Å². The standard InChI is InChI=1S/C19H23N3O5/c1-11(14-6-5-8-20-10-14)13(3)27-19(25)12(2)22-18(24)16-17(23)15(26-4)7-9-21-16/h5-13,23H,1-4H3,(H,22,24). The zero-order chi connectivity index (χ0) is 20.0. The predicted molar refractivity (Wildman–Crippen MR) is 97.6 cm³/mol. The van der Waals surface area contributed by atoms with Crippen LogP contribution >= 0.6 is 0 Å². The van der Waals surface area contributed by atoms with E-state index in [2.05, 4.69) is 15.3 Å². The first-order valence-corrected chi connectivity index (χ1v) is 8.48. The molecular weight excluding hydrogens is 350 g/mol. The van der Waals surface area contributed by atoms with E-state index in [0.29, 0.717) is 0 Å². The molecule has 3 unspecified atom stereocenters. The van der Waals surface area contributed by atoms with Crippen LogP contribution in [0.15, 0.2) is 36.8 Å². The van der Waals surface area contributed by atoms with Crippen LogP contribution in [0.5, 0.6) is 11.5 Å². The molecule has 0 spiro atoms. The quantitative estimate of drug-likeness (QED) is 0.715. The Bertz CT molecular complexity index is 797. The zero-order valence-electron chi connectivity index (χ0n) is 15.7. The van der Waals surface area contributed by atoms with Crippen molar-refractivity contribution in [2.45, 2.75) is 38.8 Å². The largest absolute Gasteiger partial charge is 0.503 e. The first kappa shape index (κ1) is 20.2. The van der Waals surface area contributed by atoms with Gasteiger partial charge in [0.2, 0.25) is 0 Å². The van der Waals surface area contributed by atoms with Gasteiger partial charge in [0, 0.05) is 30.6 Å². The van der Waals surface area contributed by atoms with Crippen LogP contribution in [-0.2, 0) is 9.53 Å². The molecule has 2 N–H and O–H groups in total. The number of hydrogen-bond donors (Lipinski definition) is 2. The molecule has 8 heteroatoms. The van der Waals surface area contributed by atoms with E-state index in [9.17, 15) is 14.7 Å². The van der Waals surface area contributed by atoms with Crippen LogP contribution in [0.4, 0.5) is 0 Å². The summed E-state index contributed by atoms with van der Waals surface area (Å²) in [5, 5.41) is 12.5. The van der Waals surface area contributed by atoms with Crippen molar-refractivity contribution >= 4 is 11.9 Å². The minimum absolute atomic E-state index is 0.0605. The van der Waals surface area contributed by atoms with Gasteiger partial charge in [-0.15, -0.1) is 0 Å². The SMILES string of the molecule is COc1ccnc(C(=O)NC(C)C(=O)OC(C)C(C)c2cccnc2)c1O. The summed E-state index contributed by atoms with van der Waals surface area (Å²) in [6, 6.07) is 4.22. The van der Waals surface area contributed by atoms with Crippen LogP contribution in [0.1, 0.15) is 42.7 Å². The number of nitrogens with zero attached hydrogens (tertiary/aromatic N) is 2. The molecule has 0 aliphatic carbocycles. The lowest BCUT2D eigenvalue weighted by Crippen LogP contribution is -2.41. The fourth-order valence-electron chi connectivity index (χ4n) is 2.39. The number of amides is 1. The Hall–Kier alpha value is -3.16. The number of methoxy groups -OCH3 is 1. The molecule has 2 aromatic rings. The van der Waals surface area contributed by atoms with E-state index in [1.54, 1.807) is 19.3 Å². The van der Waals surface area contributed by atoms with Crippen LogP contribution < -0.4 is 10.1 Å². The van der Waals surface area contributed by atoms with E-state index >= 15 is 0 Å². The van der Waals surface area contributed by atoms with E-state index < -0.39 is 29.8 Å². The fourth-order valence-corrected chi connectivity index (χ4v) is 2.39. The Kier molecular flexibility index (Phi) is 6.70. The zero-order valence-corrected chi connectivity index (χ0v) is 15.7. The number of aromatic nitrogens is 2. The summed E-state index contributed by atoms with van der Waals surface area (Å²) >= 11 is 0. The predicted octanol–water partition coefficient (Wildman–Crippen LogP) is 2.04. The molecule has 1 amide bonds. The summed E-state index contributed by atoms with van der Waals surface area (Å²) in [5.74, 6) is -1.63. The molecule has 8 nitrogen and oxygen atoms in total. The highest BCUT2D eigenvalue weighted by atomic mass is 16.5. The number of hydrogen-bond acceptors (Lipinski definition) is 7. The van der Waals surface area contributed by atoms with Crippen molar-refractivity contribution in [2.24, 2.45) is 0 Å². The van der Waals surface area contributed by atoms with Crippen LogP contribution in [-0.4, -0.2) is 46.2 Å². The van der Waals surface area contributed by atoms with Crippen molar-refractivity contribution in [2.75, 3.05) is 7.11 Å². The van der Waals surface area contributed by atoms with Gasteiger partial charge in [-0.05, 0) is 25.5 Å². The van der Waals surface area contributed by atoms with Crippen molar-refractivity contribution in [3.05, 3.63) is 48.0 Å². The van der Waals surface area contributed by atoms with E-state index in [-0.39, 0.29) is 17.4 Å². The lowest BCUT2D eigenvalue weighted by atomic mass is 9.98. The minimum atomic E-state index is -0.923. The molecule has 0 radical (unpaired) electrons. The van der Waals surface area contributed by atoms with Gasteiger partial charge in [0.15, 0.2) is 17.2 Å². The summed E-state index contributed by atoms with van der Waals surface area (Å²) in [6.07, 6.45) is 4.31. The van der Waals surface area contributed by atoms with Gasteiger partial charge in [0.25, 0.3) is 5.91 Å². The lowest BCUT2D eigenvalue weighted by Gasteiger charge is -2.22. The average molecular weight is 373 g/mol. The van der Waals surface area contributed by atoms with Gasteiger partial charge in [0.1, 0.15) is 12.1 Å². The van der Waals surface area contributed by atoms with Gasteiger partial charge in [-0.25, -0.2) is 9.78 Å². The summed E-state index contributed by atoms with van der Waals surface area (Å²) in [4.78, 5) is 32.5. The maximum Gasteiger partial charge on any atom is 0.328 e. The van der Waals surface area contributed by atoms with E-state index in [4.69, 9.17) is 9.47 Å². The summed E-state index contributed by atoms with van der Waals surface area (Å²) in [5.41, 5.74) is 0.714. The van der Waals surface area contributed by atoms with E-state index in [0.717, 1.165) is 5.56 Å². The summed E-state index contributed by atoms with van der Waals surface area (Å²) in [7, 11) is 1.36. The third-order valence-electron chi connectivity index (χ3n) is 4.24. The smallest absolute Gasteiger partial charge is 0.328 e. The van der Waals surface area contributed by atoms with E-state index in [1.165, 1.54) is 26.3 Å². The average Bonchev–Trinajstić information content (AvgIpc) is 2.67. The molecule has 0 aliphatic heterocycles. The number of pyridine rings is 2. The number of ether oxygens (including phenoxy) is 2. The normalized spacial score (nSPS) is 13.9. The monoisotopic (exact) mass is 373 g/mol. The highest BCUT2D eigenvalue weighted by Crippen LogP contribution is 2.27. The molecule has 0 bridgehead atoms. The Morgan fingerprint density at radius 3 is 2.56 bits per heavy atom. The Balaban J connectivity index is 1.98. The van der Waals surface area contributed by atoms with Crippen molar-refractivity contribution < 1.29 is 24.2 Å². The molecule has 2 aromatic heterocycles. The van der Waals surface area contributed by atoms with Gasteiger partial charge in [0.05, 0.1) is 7.11 Å². The molecule has 2 rings (SSSR count). The third kappa shape index (κ3) is 4.93. The number of carbonyl (C=O) groups excluding carboxylic acids is 2. The Morgan fingerprint density at radius 2 is 1.93 bits per heavy atom. The molecule has 3 atom stereocenters. The van der Waals surface area contributed by atoms with Crippen molar-refractivity contribution in [1.29, 1.82) is 0 Å². The maximum absolute atomic E-state index is 12.3. The second-order valence-electron chi connectivity index (χ2n) is 6.12. The first-order chi connectivity index (χ1) is 12.8. The van der Waals surface area contributed by atoms with Gasteiger partial charge in [-0.2, -0.15) is 0 Å². The van der Waals surface area contributed by atoms with Gasteiger partial charge in [-0.3, -0.25) is 9.78 Å². The molecular formula is C19H23N3O5. The second kappa shape index (κ2) is 8.98. The minimum Gasteiger partial charge on any atom is -0.503 e. The number of aromatic hydroxyl groups is 1. The first-order valence-electron chi connectivity index (χ1n) is 8.48. The molecule has 0 aromatic carbocycles. The van der Waals surface area contributed by atoms with E-state index in [1.807, 2.05) is 19.1 Å². The molecule has 0 fully saturated rings. The second-order valence-corrected chi connectivity index (χ2v) is 6.12. The van der Waals surface area contributed by atoms with Crippen LogP contribution in [0.3, 0.4) is 0 Å². The van der Waals surface area contributed by atoms with Gasteiger partial charge < -0.3 is 19.9 Å². The van der Waals surface area contributed by atoms with Crippen LogP contribution in [0.25, 0.3) is 0 Å². The summed E-state index contributed by atoms with van der Waals surface area (Å²) < 4.78 is 10.4. The number of rotatable bonds is 7. The maximum atomic E-state index is 12.3. The Morgan fingerprint density at radius 1 is 1.19 bits per heavy atom. The molecule has 2 heterocycles. The van der Waals surface area contributed by atoms with Crippen molar-refractivity contribution in [3.8, 4) is 11.5 Å². The molecule has 27 heavy (non-hydrogen) atoms. The fraction of sp³-hybridized carbons (Fsp3) is 0.368. The van der Waals surface area contributed by atoms with Crippen LogP contribution in [0.2, 0.25) is 0 Å². The number of nitrogens with one attached hydrogen (secondary N) is 1. The van der Waals surface area contributed by atoms with Gasteiger partial charge >= 0.3 is 5.97 Å². The topological polar surface area (TPSA) is 111 Å². The molecule has 144 valence electrons. The third-order valence-corrected chi connectivity index (χ3v) is 4.24. The highest BCUT2D eigenvalue weighted by molar-refractivity contribution is 5.97. The Labute approximate surface area is 157 Å². The number of esters is 1. The van der Waals surface area contributed by atoms with Crippen molar-refractivity contribution in [3.63, 3.8) is 0 Å². The molecule has 0 saturated carbocycles. The molecule has 0 saturated heterocycles. The molecule has 0 aliphatic rings. The highest BCUT2D eigenvalue weighted by Gasteiger charge is 2.25. The number of carbonyl (C=O) groups is 2. The summed E-state index contributed by atoms with van der Waals surface area (Å²) in [6.45, 7) is 5.20. The lowest BCUT2D eigenvalue weighted by molar-refractivity contribution is -0.151. The van der Waals surface area contributed by atoms with Crippen LogP contribution in [0, 0.1) is 0 Å².